The normalized spacial score (nSPS) is 11.5. The van der Waals surface area contributed by atoms with Crippen molar-refractivity contribution in [3.05, 3.63) is 46.9 Å². The number of benzene rings is 1. The molecule has 0 amide bonds. The van der Waals surface area contributed by atoms with E-state index in [1.807, 2.05) is 18.2 Å². The average molecular weight is 596 g/mol. The van der Waals surface area contributed by atoms with E-state index in [2.05, 4.69) is 50.3 Å². The first-order chi connectivity index (χ1) is 17.4. The summed E-state index contributed by atoms with van der Waals surface area (Å²) in [5, 5.41) is 0. The molecule has 0 spiro atoms. The molecule has 0 aliphatic heterocycles. The third-order valence-electron chi connectivity index (χ3n) is 4.63. The molecule has 0 atom stereocenters. The molecule has 0 fully saturated rings. The molecule has 3 heterocycles. The first kappa shape index (κ1) is 26.1. The average Bonchev–Trinajstić information content (AvgIpc) is 3.33. The van der Waals surface area contributed by atoms with Crippen molar-refractivity contribution in [2.75, 3.05) is 38.2 Å². The fraction of sp³-hybridized carbons (Fsp3) is 0.286. The second-order valence-corrected chi connectivity index (χ2v) is 10.5. The maximum atomic E-state index is 12.7. The maximum absolute atomic E-state index is 12.7. The quantitative estimate of drug-likeness (QED) is 0.221. The summed E-state index contributed by atoms with van der Waals surface area (Å²) in [6.45, 7) is 0.871. The zero-order valence-electron chi connectivity index (χ0n) is 19.0. The van der Waals surface area contributed by atoms with Gasteiger partial charge in [0.25, 0.3) is 10.2 Å². The van der Waals surface area contributed by atoms with Crippen molar-refractivity contribution in [2.45, 2.75) is 6.42 Å². The summed E-state index contributed by atoms with van der Waals surface area (Å²) < 4.78 is 48.3. The minimum absolute atomic E-state index is 0.0611. The third-order valence-corrected chi connectivity index (χ3v) is 6.90. The van der Waals surface area contributed by atoms with Gasteiger partial charge in [-0.25, -0.2) is 24.9 Å². The summed E-state index contributed by atoms with van der Waals surface area (Å²) in [5.41, 5.74) is 3.50. The Hall–Kier alpha value is -2.98. The highest BCUT2D eigenvalue weighted by molar-refractivity contribution is 9.10. The van der Waals surface area contributed by atoms with Crippen molar-refractivity contribution in [3.63, 3.8) is 0 Å². The lowest BCUT2D eigenvalue weighted by Crippen LogP contribution is -2.32. The van der Waals surface area contributed by atoms with Crippen LogP contribution in [0.25, 0.3) is 21.3 Å². The van der Waals surface area contributed by atoms with Crippen molar-refractivity contribution in [2.24, 2.45) is 0 Å². The molecule has 4 rings (SSSR count). The molecule has 0 radical (unpaired) electrons. The molecule has 0 unspecified atom stereocenters. The summed E-state index contributed by atoms with van der Waals surface area (Å²) >= 11 is 4.77. The predicted octanol–water partition coefficient (Wildman–Crippen LogP) is 3.05. The Morgan fingerprint density at radius 2 is 1.83 bits per heavy atom. The van der Waals surface area contributed by atoms with Gasteiger partial charge in [-0.2, -0.15) is 13.1 Å². The maximum Gasteiger partial charge on any atom is 0.316 e. The van der Waals surface area contributed by atoms with Crippen molar-refractivity contribution >= 4 is 53.5 Å². The van der Waals surface area contributed by atoms with Crippen LogP contribution in [0.5, 0.6) is 11.9 Å². The number of anilines is 1. The smallest absolute Gasteiger partial charge is 0.316 e. The number of ether oxygens (including phenoxy) is 3. The molecule has 0 aliphatic rings. The summed E-state index contributed by atoms with van der Waals surface area (Å²) in [7, 11) is -2.37. The van der Waals surface area contributed by atoms with E-state index in [0.717, 1.165) is 14.7 Å². The minimum Gasteiger partial charge on any atom is -0.473 e. The fourth-order valence-electron chi connectivity index (χ4n) is 3.06. The van der Waals surface area contributed by atoms with E-state index in [4.69, 9.17) is 14.2 Å². The van der Waals surface area contributed by atoms with Gasteiger partial charge >= 0.3 is 6.01 Å². The number of fused-ring (bicyclic) bond motifs is 1. The SMILES string of the molecule is COCCCNS(=O)(=O)Nc1ncnc(OCCOc2ncc(Br)cn2)c1-c1ccc2scnc2c1. The molecule has 12 nitrogen and oxygen atoms in total. The van der Waals surface area contributed by atoms with Gasteiger partial charge in [-0.3, -0.25) is 4.72 Å². The van der Waals surface area contributed by atoms with E-state index < -0.39 is 10.2 Å². The highest BCUT2D eigenvalue weighted by atomic mass is 79.9. The van der Waals surface area contributed by atoms with Crippen molar-refractivity contribution in [1.29, 1.82) is 0 Å². The molecule has 190 valence electrons. The fourth-order valence-corrected chi connectivity index (χ4v) is 4.82. The van der Waals surface area contributed by atoms with E-state index in [9.17, 15) is 8.42 Å². The number of thiazole rings is 1. The number of nitrogens with zero attached hydrogens (tertiary/aromatic N) is 5. The molecule has 3 aromatic heterocycles. The standard InChI is InChI=1S/C21H22BrN7O5S2/c1-32-6-2-5-28-36(30,31)29-19-18(14-3-4-17-16(9-14)27-13-35-17)20(26-12-25-19)33-7-8-34-21-23-10-15(22)11-24-21/h3-4,9-13,28H,2,5-8H2,1H3,(H,25,26,29). The van der Waals surface area contributed by atoms with Crippen LogP contribution in [0.15, 0.2) is 46.9 Å². The third kappa shape index (κ3) is 7.04. The van der Waals surface area contributed by atoms with Crippen molar-refractivity contribution in [1.82, 2.24) is 29.6 Å². The molecule has 36 heavy (non-hydrogen) atoms. The van der Waals surface area contributed by atoms with Crippen LogP contribution in [0.3, 0.4) is 0 Å². The Labute approximate surface area is 219 Å². The van der Waals surface area contributed by atoms with Crippen LogP contribution in [-0.4, -0.2) is 66.8 Å². The van der Waals surface area contributed by atoms with Crippen LogP contribution in [0.2, 0.25) is 0 Å². The number of hydrogen-bond acceptors (Lipinski definition) is 11. The van der Waals surface area contributed by atoms with E-state index in [1.54, 1.807) is 25.0 Å². The van der Waals surface area contributed by atoms with Crippen molar-refractivity contribution in [3.8, 4) is 23.0 Å². The Balaban J connectivity index is 1.56. The molecule has 4 aromatic rings. The number of methoxy groups -OCH3 is 1. The van der Waals surface area contributed by atoms with E-state index in [0.29, 0.717) is 24.2 Å². The van der Waals surface area contributed by atoms with E-state index in [1.165, 1.54) is 17.7 Å². The number of hydrogen-bond donors (Lipinski definition) is 2. The second kappa shape index (κ2) is 12.3. The minimum atomic E-state index is -3.92. The highest BCUT2D eigenvalue weighted by Gasteiger charge is 2.20. The molecular formula is C21H22BrN7O5S2. The van der Waals surface area contributed by atoms with Crippen LogP contribution < -0.4 is 18.9 Å². The van der Waals surface area contributed by atoms with Gasteiger partial charge in [0.05, 0.1) is 25.8 Å². The summed E-state index contributed by atoms with van der Waals surface area (Å²) in [4.78, 5) is 20.9. The largest absolute Gasteiger partial charge is 0.473 e. The lowest BCUT2D eigenvalue weighted by atomic mass is 10.1. The predicted molar refractivity (Wildman–Crippen MR) is 138 cm³/mol. The van der Waals surface area contributed by atoms with Gasteiger partial charge in [0.2, 0.25) is 5.88 Å². The Kier molecular flexibility index (Phi) is 8.93. The van der Waals surface area contributed by atoms with Crippen LogP contribution in [0.1, 0.15) is 6.42 Å². The lowest BCUT2D eigenvalue weighted by molar-refractivity contribution is 0.196. The molecule has 1 aromatic carbocycles. The number of aromatic nitrogens is 5. The Morgan fingerprint density at radius 1 is 1.03 bits per heavy atom. The van der Waals surface area contributed by atoms with Gasteiger partial charge in [-0.15, -0.1) is 11.3 Å². The molecule has 2 N–H and O–H groups in total. The zero-order chi connectivity index (χ0) is 25.4. The lowest BCUT2D eigenvalue weighted by Gasteiger charge is -2.16. The molecular weight excluding hydrogens is 574 g/mol. The van der Waals surface area contributed by atoms with Crippen LogP contribution >= 0.6 is 27.3 Å². The van der Waals surface area contributed by atoms with Gasteiger partial charge in [0.1, 0.15) is 19.5 Å². The summed E-state index contributed by atoms with van der Waals surface area (Å²) in [6, 6.07) is 5.76. The first-order valence-corrected chi connectivity index (χ1v) is 13.8. The van der Waals surface area contributed by atoms with Crippen LogP contribution in [-0.2, 0) is 14.9 Å². The topological polar surface area (TPSA) is 150 Å². The number of nitrogens with one attached hydrogen (secondary N) is 2. The molecule has 0 saturated heterocycles. The molecule has 0 bridgehead atoms. The van der Waals surface area contributed by atoms with E-state index in [-0.39, 0.29) is 37.5 Å². The second-order valence-electron chi connectivity index (χ2n) is 7.16. The van der Waals surface area contributed by atoms with Gasteiger partial charge in [0.15, 0.2) is 5.82 Å². The molecule has 15 heteroatoms. The molecule has 0 aliphatic carbocycles. The zero-order valence-corrected chi connectivity index (χ0v) is 22.3. The van der Waals surface area contributed by atoms with Crippen molar-refractivity contribution < 1.29 is 22.6 Å². The first-order valence-electron chi connectivity index (χ1n) is 10.6. The number of rotatable bonds is 13. The number of halogens is 1. The van der Waals surface area contributed by atoms with Gasteiger partial charge < -0.3 is 14.2 Å². The van der Waals surface area contributed by atoms with Crippen LogP contribution in [0.4, 0.5) is 5.82 Å². The summed E-state index contributed by atoms with van der Waals surface area (Å²) in [5.74, 6) is 0.239. The molecule has 0 saturated carbocycles. The van der Waals surface area contributed by atoms with Gasteiger partial charge in [0, 0.05) is 32.7 Å². The van der Waals surface area contributed by atoms with E-state index >= 15 is 0 Å². The Bertz CT molecular complexity index is 1400. The van der Waals surface area contributed by atoms with Gasteiger partial charge in [-0.1, -0.05) is 6.07 Å². The monoisotopic (exact) mass is 595 g/mol. The highest BCUT2D eigenvalue weighted by Crippen LogP contribution is 2.36. The summed E-state index contributed by atoms with van der Waals surface area (Å²) in [6.07, 6.45) is 4.89. The van der Waals surface area contributed by atoms with Crippen LogP contribution in [0, 0.1) is 0 Å². The van der Waals surface area contributed by atoms with Gasteiger partial charge in [-0.05, 0) is 40.0 Å². The Morgan fingerprint density at radius 3 is 2.64 bits per heavy atom.